The highest BCUT2D eigenvalue weighted by molar-refractivity contribution is 6.30. The molecule has 0 saturated carbocycles. The zero-order chi connectivity index (χ0) is 27.9. The van der Waals surface area contributed by atoms with Crippen molar-refractivity contribution in [2.75, 3.05) is 50.4 Å². The highest BCUT2D eigenvalue weighted by Gasteiger charge is 2.24. The summed E-state index contributed by atoms with van der Waals surface area (Å²) in [4.78, 5) is 21.0. The molecule has 1 aliphatic rings. The van der Waals surface area contributed by atoms with Crippen LogP contribution in [-0.2, 0) is 4.79 Å². The van der Waals surface area contributed by atoms with Gasteiger partial charge in [-0.2, -0.15) is 4.39 Å². The minimum atomic E-state index is -3.43. The second-order valence-electron chi connectivity index (χ2n) is 8.87. The molecule has 0 aliphatic carbocycles. The van der Waals surface area contributed by atoms with Gasteiger partial charge in [0.25, 0.3) is 12.2 Å². The van der Waals surface area contributed by atoms with E-state index in [9.17, 15) is 22.4 Å². The Bertz CT molecular complexity index is 1300. The Balaban J connectivity index is 1.50. The van der Waals surface area contributed by atoms with Gasteiger partial charge >= 0.3 is 6.43 Å². The number of alkyl halides is 3. The van der Waals surface area contributed by atoms with Crippen molar-refractivity contribution in [1.29, 1.82) is 0 Å². The van der Waals surface area contributed by atoms with Crippen molar-refractivity contribution in [2.24, 2.45) is 0 Å². The van der Waals surface area contributed by atoms with Crippen molar-refractivity contribution in [1.82, 2.24) is 25.0 Å². The van der Waals surface area contributed by atoms with Crippen molar-refractivity contribution in [3.8, 4) is 17.1 Å². The summed E-state index contributed by atoms with van der Waals surface area (Å²) in [5.74, 6) is -1.24. The number of halogens is 5. The number of nitrogens with one attached hydrogen (secondary N) is 2. The van der Waals surface area contributed by atoms with Gasteiger partial charge in [-0.3, -0.25) is 4.79 Å². The quantitative estimate of drug-likeness (QED) is 0.344. The molecular formula is C25H26ClF4N7O2. The molecule has 1 aromatic carbocycles. The SMILES string of the molecule is CN1CCN(CCC(=O)Nc2cc(Nc3cc(-c4cc(Cl)ccc4F)nnc3OC(F)C(F)F)ccn2)CC1. The van der Waals surface area contributed by atoms with E-state index < -0.39 is 24.5 Å². The Morgan fingerprint density at radius 1 is 1.10 bits per heavy atom. The molecular weight excluding hydrogens is 542 g/mol. The lowest BCUT2D eigenvalue weighted by Gasteiger charge is -2.32. The van der Waals surface area contributed by atoms with Gasteiger partial charge in [0.1, 0.15) is 17.3 Å². The van der Waals surface area contributed by atoms with Gasteiger partial charge in [-0.1, -0.05) is 11.6 Å². The normalized spacial score (nSPS) is 15.3. The highest BCUT2D eigenvalue weighted by Crippen LogP contribution is 2.33. The minimum absolute atomic E-state index is 0.0104. The molecule has 3 aromatic rings. The van der Waals surface area contributed by atoms with Crippen LogP contribution in [0.5, 0.6) is 5.88 Å². The van der Waals surface area contributed by atoms with Crippen molar-refractivity contribution in [2.45, 2.75) is 19.2 Å². The molecule has 208 valence electrons. The Labute approximate surface area is 227 Å². The molecule has 1 aliphatic heterocycles. The fourth-order valence-corrected chi connectivity index (χ4v) is 3.98. The van der Waals surface area contributed by atoms with Gasteiger partial charge in [-0.15, -0.1) is 10.2 Å². The van der Waals surface area contributed by atoms with Gasteiger partial charge in [0.15, 0.2) is 0 Å². The van der Waals surface area contributed by atoms with Crippen LogP contribution in [0.1, 0.15) is 6.42 Å². The number of piperazine rings is 1. The molecule has 0 radical (unpaired) electrons. The summed E-state index contributed by atoms with van der Waals surface area (Å²) in [6.07, 6.45) is -4.73. The molecule has 0 bridgehead atoms. The predicted octanol–water partition coefficient (Wildman–Crippen LogP) is 4.59. The maximum atomic E-state index is 14.4. The van der Waals surface area contributed by atoms with Crippen LogP contribution < -0.4 is 15.4 Å². The van der Waals surface area contributed by atoms with Crippen molar-refractivity contribution >= 4 is 34.7 Å². The molecule has 3 heterocycles. The number of hydrogen-bond donors (Lipinski definition) is 2. The zero-order valence-electron chi connectivity index (χ0n) is 20.9. The van der Waals surface area contributed by atoms with Gasteiger partial charge in [-0.05, 0) is 37.4 Å². The lowest BCUT2D eigenvalue weighted by molar-refractivity contribution is -0.116. The number of nitrogens with zero attached hydrogens (tertiary/aromatic N) is 5. The van der Waals surface area contributed by atoms with Crippen LogP contribution in [-0.4, -0.2) is 83.4 Å². The minimum Gasteiger partial charge on any atom is -0.434 e. The largest absolute Gasteiger partial charge is 0.434 e. The number of carbonyl (C=O) groups is 1. The van der Waals surface area contributed by atoms with Gasteiger partial charge < -0.3 is 25.2 Å². The van der Waals surface area contributed by atoms with Gasteiger partial charge in [0.2, 0.25) is 5.91 Å². The van der Waals surface area contributed by atoms with E-state index in [1.165, 1.54) is 36.5 Å². The number of carbonyl (C=O) groups excluding carboxylic acids is 1. The average molecular weight is 568 g/mol. The number of hydrogen-bond acceptors (Lipinski definition) is 8. The first-order valence-corrected chi connectivity index (χ1v) is 12.4. The number of pyridine rings is 1. The van der Waals surface area contributed by atoms with E-state index in [4.69, 9.17) is 11.6 Å². The molecule has 1 amide bonds. The van der Waals surface area contributed by atoms with Crippen LogP contribution in [0.15, 0.2) is 42.6 Å². The van der Waals surface area contributed by atoms with Gasteiger partial charge in [-0.25, -0.2) is 18.2 Å². The number of anilines is 3. The third kappa shape index (κ3) is 7.97. The van der Waals surface area contributed by atoms with E-state index in [-0.39, 0.29) is 40.1 Å². The lowest BCUT2D eigenvalue weighted by atomic mass is 10.1. The molecule has 1 atom stereocenters. The maximum absolute atomic E-state index is 14.4. The van der Waals surface area contributed by atoms with Crippen LogP contribution >= 0.6 is 11.6 Å². The predicted molar refractivity (Wildman–Crippen MR) is 139 cm³/mol. The summed E-state index contributed by atoms with van der Waals surface area (Å²) in [5.41, 5.74) is 0.227. The van der Waals surface area contributed by atoms with Gasteiger partial charge in [0.05, 0.1) is 5.69 Å². The van der Waals surface area contributed by atoms with Crippen molar-refractivity contribution in [3.05, 3.63) is 53.4 Å². The molecule has 14 heteroatoms. The second kappa shape index (κ2) is 13.0. The molecule has 4 rings (SSSR count). The number of rotatable bonds is 10. The topological polar surface area (TPSA) is 95.5 Å². The van der Waals surface area contributed by atoms with Crippen LogP contribution in [0.3, 0.4) is 0 Å². The van der Waals surface area contributed by atoms with E-state index in [2.05, 4.69) is 47.4 Å². The van der Waals surface area contributed by atoms with Crippen LogP contribution in [0.2, 0.25) is 5.02 Å². The van der Waals surface area contributed by atoms with E-state index in [1.807, 2.05) is 0 Å². The Hall–Kier alpha value is -3.55. The first kappa shape index (κ1) is 28.5. The average Bonchev–Trinajstić information content (AvgIpc) is 2.91. The molecule has 9 nitrogen and oxygen atoms in total. The Morgan fingerprint density at radius 2 is 1.87 bits per heavy atom. The number of benzene rings is 1. The summed E-state index contributed by atoms with van der Waals surface area (Å²) in [7, 11) is 2.05. The maximum Gasteiger partial charge on any atom is 0.304 e. The highest BCUT2D eigenvalue weighted by atomic mass is 35.5. The van der Waals surface area contributed by atoms with Crippen molar-refractivity contribution < 1.29 is 27.1 Å². The molecule has 1 unspecified atom stereocenters. The molecule has 1 saturated heterocycles. The monoisotopic (exact) mass is 567 g/mol. The van der Waals surface area contributed by atoms with Crippen LogP contribution in [0, 0.1) is 5.82 Å². The zero-order valence-corrected chi connectivity index (χ0v) is 21.6. The molecule has 2 aromatic heterocycles. The van der Waals surface area contributed by atoms with Crippen molar-refractivity contribution in [3.63, 3.8) is 0 Å². The summed E-state index contributed by atoms with van der Waals surface area (Å²) >= 11 is 5.97. The van der Waals surface area contributed by atoms with Crippen LogP contribution in [0.4, 0.5) is 34.8 Å². The van der Waals surface area contributed by atoms with Crippen LogP contribution in [0.25, 0.3) is 11.3 Å². The number of ether oxygens (including phenoxy) is 1. The lowest BCUT2D eigenvalue weighted by Crippen LogP contribution is -2.45. The number of likely N-dealkylation sites (N-methyl/N-ethyl adjacent to an activating group) is 1. The summed E-state index contributed by atoms with van der Waals surface area (Å²) in [5, 5.41) is 13.3. The van der Waals surface area contributed by atoms with E-state index in [0.29, 0.717) is 12.2 Å². The van der Waals surface area contributed by atoms with Gasteiger partial charge in [0, 0.05) is 67.7 Å². The Morgan fingerprint density at radius 3 is 2.62 bits per heavy atom. The molecule has 39 heavy (non-hydrogen) atoms. The second-order valence-corrected chi connectivity index (χ2v) is 9.31. The number of aromatic nitrogens is 3. The summed E-state index contributed by atoms with van der Waals surface area (Å²) in [6, 6.07) is 8.04. The van der Waals surface area contributed by atoms with E-state index in [1.54, 1.807) is 0 Å². The summed E-state index contributed by atoms with van der Waals surface area (Å²) in [6.45, 7) is 4.27. The van der Waals surface area contributed by atoms with E-state index in [0.717, 1.165) is 32.2 Å². The Kier molecular flexibility index (Phi) is 9.49. The first-order chi connectivity index (χ1) is 18.7. The molecule has 0 spiro atoms. The molecule has 1 fully saturated rings. The molecule has 2 N–H and O–H groups in total. The fourth-order valence-electron chi connectivity index (χ4n) is 3.81. The smallest absolute Gasteiger partial charge is 0.304 e. The fraction of sp³-hybridized carbons (Fsp3) is 0.360. The van der Waals surface area contributed by atoms with E-state index >= 15 is 0 Å². The third-order valence-electron chi connectivity index (χ3n) is 5.94. The number of amides is 1. The first-order valence-electron chi connectivity index (χ1n) is 12.0. The third-order valence-corrected chi connectivity index (χ3v) is 6.18. The summed E-state index contributed by atoms with van der Waals surface area (Å²) < 4.78 is 58.4. The standard InChI is InChI=1S/C25H26ClF4N7O2/c1-36-8-10-37(11-9-36)7-5-22(38)33-21-13-16(4-6-31-21)32-20-14-19(17-12-15(26)2-3-18(17)27)34-35-25(20)39-24(30)23(28)29/h2-4,6,12-14,23-24H,5,7-11H2,1H3,(H2,31,32,33,34,38).